The van der Waals surface area contributed by atoms with Crippen LogP contribution in [0.2, 0.25) is 0 Å². The molecule has 2 bridgehead atoms. The Morgan fingerprint density at radius 1 is 1.05 bits per heavy atom. The number of nitrogens with zero attached hydrogens (tertiary/aromatic N) is 2. The van der Waals surface area contributed by atoms with Gasteiger partial charge in [-0.05, 0) is 38.5 Å². The normalized spacial score (nSPS) is 39.0. The molecule has 4 aliphatic rings. The van der Waals surface area contributed by atoms with Gasteiger partial charge in [0, 0.05) is 37.3 Å². The molecule has 0 spiro atoms. The molecule has 6 heteroatoms. The van der Waals surface area contributed by atoms with Gasteiger partial charge in [0.25, 0.3) is 0 Å². The minimum Gasteiger partial charge on any atom is -0.481 e. The number of carboxylic acids is 1. The summed E-state index contributed by atoms with van der Waals surface area (Å²) in [5, 5.41) is 12.4. The maximum absolute atomic E-state index is 12.5. The third-order valence-electron chi connectivity index (χ3n) is 5.70. The van der Waals surface area contributed by atoms with Crippen molar-refractivity contribution in [2.24, 2.45) is 5.92 Å². The topological polar surface area (TPSA) is 72.9 Å². The van der Waals surface area contributed by atoms with Crippen molar-refractivity contribution in [2.75, 3.05) is 13.1 Å². The highest BCUT2D eigenvalue weighted by molar-refractivity contribution is 5.79. The van der Waals surface area contributed by atoms with Gasteiger partial charge in [-0.2, -0.15) is 0 Å². The fourth-order valence-corrected chi connectivity index (χ4v) is 4.50. The number of hydrogen-bond acceptors (Lipinski definition) is 3. The lowest BCUT2D eigenvalue weighted by atomic mass is 9.89. The van der Waals surface area contributed by atoms with E-state index in [1.807, 2.05) is 4.90 Å². The number of hydrogen-bond donors (Lipinski definition) is 2. The van der Waals surface area contributed by atoms with E-state index in [4.69, 9.17) is 0 Å². The third-order valence-corrected chi connectivity index (χ3v) is 5.70. The SMILES string of the molecule is O=C(O)C1CC2CCC1N2C(=O)NC1CCN(C2CC2)C1. The van der Waals surface area contributed by atoms with E-state index >= 15 is 0 Å². The fraction of sp³-hybridized carbons (Fsp3) is 0.867. The van der Waals surface area contributed by atoms with Crippen LogP contribution < -0.4 is 5.32 Å². The fourth-order valence-electron chi connectivity index (χ4n) is 4.50. The van der Waals surface area contributed by atoms with E-state index in [-0.39, 0.29) is 30.1 Å². The van der Waals surface area contributed by atoms with E-state index in [2.05, 4.69) is 10.2 Å². The Morgan fingerprint density at radius 2 is 1.81 bits per heavy atom. The maximum Gasteiger partial charge on any atom is 0.318 e. The highest BCUT2D eigenvalue weighted by atomic mass is 16.4. The minimum absolute atomic E-state index is 0.0334. The number of nitrogens with one attached hydrogen (secondary N) is 1. The first-order valence-corrected chi connectivity index (χ1v) is 8.19. The number of carboxylic acid groups (broad SMARTS) is 1. The highest BCUT2D eigenvalue weighted by Crippen LogP contribution is 2.41. The second-order valence-electron chi connectivity index (χ2n) is 7.05. The molecule has 1 saturated carbocycles. The first-order chi connectivity index (χ1) is 10.1. The van der Waals surface area contributed by atoms with Crippen molar-refractivity contribution in [3.8, 4) is 0 Å². The van der Waals surface area contributed by atoms with Gasteiger partial charge in [0.1, 0.15) is 0 Å². The van der Waals surface area contributed by atoms with Crippen molar-refractivity contribution in [1.82, 2.24) is 15.1 Å². The second-order valence-corrected chi connectivity index (χ2v) is 7.05. The number of likely N-dealkylation sites (tertiary alicyclic amines) is 1. The number of carbonyl (C=O) groups is 2. The Balaban J connectivity index is 1.36. The molecule has 3 saturated heterocycles. The molecule has 4 rings (SSSR count). The van der Waals surface area contributed by atoms with Crippen LogP contribution in [-0.2, 0) is 4.79 Å². The number of aliphatic carboxylic acids is 1. The van der Waals surface area contributed by atoms with Gasteiger partial charge in [-0.3, -0.25) is 9.69 Å². The molecule has 3 heterocycles. The van der Waals surface area contributed by atoms with Gasteiger partial charge in [0.05, 0.1) is 5.92 Å². The van der Waals surface area contributed by atoms with Crippen molar-refractivity contribution in [2.45, 2.75) is 62.7 Å². The van der Waals surface area contributed by atoms with Crippen LogP contribution in [0.25, 0.3) is 0 Å². The van der Waals surface area contributed by atoms with Crippen molar-refractivity contribution in [3.63, 3.8) is 0 Å². The van der Waals surface area contributed by atoms with Gasteiger partial charge in [0.15, 0.2) is 0 Å². The number of fused-ring (bicyclic) bond motifs is 2. The summed E-state index contributed by atoms with van der Waals surface area (Å²) in [5.74, 6) is -1.11. The van der Waals surface area contributed by atoms with Gasteiger partial charge >= 0.3 is 12.0 Å². The smallest absolute Gasteiger partial charge is 0.318 e. The van der Waals surface area contributed by atoms with Gasteiger partial charge in [-0.15, -0.1) is 0 Å². The molecule has 0 aromatic carbocycles. The second kappa shape index (κ2) is 4.87. The molecular weight excluding hydrogens is 270 g/mol. The number of rotatable bonds is 3. The zero-order valence-electron chi connectivity index (χ0n) is 12.2. The van der Waals surface area contributed by atoms with Crippen LogP contribution >= 0.6 is 0 Å². The average molecular weight is 293 g/mol. The Hall–Kier alpha value is -1.30. The van der Waals surface area contributed by atoms with Crippen molar-refractivity contribution >= 4 is 12.0 Å². The molecule has 6 nitrogen and oxygen atoms in total. The molecule has 0 aromatic rings. The molecule has 4 atom stereocenters. The summed E-state index contributed by atoms with van der Waals surface area (Å²) in [7, 11) is 0. The molecule has 0 radical (unpaired) electrons. The van der Waals surface area contributed by atoms with Crippen molar-refractivity contribution in [3.05, 3.63) is 0 Å². The number of carbonyl (C=O) groups excluding carboxylic acids is 1. The van der Waals surface area contributed by atoms with E-state index in [0.717, 1.165) is 38.4 Å². The van der Waals surface area contributed by atoms with E-state index in [0.29, 0.717) is 6.42 Å². The van der Waals surface area contributed by atoms with Gasteiger partial charge in [-0.25, -0.2) is 4.79 Å². The van der Waals surface area contributed by atoms with Gasteiger partial charge in [-0.1, -0.05) is 0 Å². The molecule has 21 heavy (non-hydrogen) atoms. The number of urea groups is 1. The summed E-state index contributed by atoms with van der Waals surface area (Å²) < 4.78 is 0. The van der Waals surface area contributed by atoms with Crippen LogP contribution in [0.3, 0.4) is 0 Å². The predicted octanol–water partition coefficient (Wildman–Crippen LogP) is 0.870. The van der Waals surface area contributed by atoms with Crippen molar-refractivity contribution in [1.29, 1.82) is 0 Å². The third kappa shape index (κ3) is 2.29. The molecule has 4 unspecified atom stereocenters. The largest absolute Gasteiger partial charge is 0.481 e. The van der Waals surface area contributed by atoms with E-state index in [9.17, 15) is 14.7 Å². The standard InChI is InChI=1S/C15H23N3O3/c19-14(20)12-7-11-3-4-13(12)18(11)15(21)16-9-5-6-17(8-9)10-1-2-10/h9-13H,1-8H2,(H,16,21)(H,19,20). The van der Waals surface area contributed by atoms with Crippen LogP contribution in [0.15, 0.2) is 0 Å². The van der Waals surface area contributed by atoms with E-state index < -0.39 is 5.97 Å². The summed E-state index contributed by atoms with van der Waals surface area (Å²) in [6.07, 6.45) is 6.06. The van der Waals surface area contributed by atoms with Crippen LogP contribution in [-0.4, -0.2) is 64.2 Å². The molecule has 1 aliphatic carbocycles. The van der Waals surface area contributed by atoms with Gasteiger partial charge in [0.2, 0.25) is 0 Å². The predicted molar refractivity (Wildman–Crippen MR) is 75.9 cm³/mol. The summed E-state index contributed by atoms with van der Waals surface area (Å²) >= 11 is 0. The molecule has 2 amide bonds. The Bertz CT molecular complexity index is 465. The monoisotopic (exact) mass is 293 g/mol. The van der Waals surface area contributed by atoms with Crippen LogP contribution in [0.4, 0.5) is 4.79 Å². The lowest BCUT2D eigenvalue weighted by Crippen LogP contribution is -2.48. The summed E-state index contributed by atoms with van der Waals surface area (Å²) in [6.45, 7) is 2.04. The summed E-state index contributed by atoms with van der Waals surface area (Å²) in [5.41, 5.74) is 0. The summed E-state index contributed by atoms with van der Waals surface area (Å²) in [6, 6.07) is 1.01. The molecule has 3 aliphatic heterocycles. The Morgan fingerprint density at radius 3 is 2.48 bits per heavy atom. The lowest BCUT2D eigenvalue weighted by Gasteiger charge is -2.25. The summed E-state index contributed by atoms with van der Waals surface area (Å²) in [4.78, 5) is 28.1. The molecule has 4 fully saturated rings. The molecule has 0 aromatic heterocycles. The minimum atomic E-state index is -0.749. The quantitative estimate of drug-likeness (QED) is 0.810. The van der Waals surface area contributed by atoms with Crippen molar-refractivity contribution < 1.29 is 14.7 Å². The Kier molecular flexibility index (Phi) is 3.10. The van der Waals surface area contributed by atoms with E-state index in [1.165, 1.54) is 12.8 Å². The lowest BCUT2D eigenvalue weighted by molar-refractivity contribution is -0.142. The van der Waals surface area contributed by atoms with Crippen LogP contribution in [0.1, 0.15) is 38.5 Å². The van der Waals surface area contributed by atoms with E-state index in [1.54, 1.807) is 0 Å². The molecular formula is C15H23N3O3. The first kappa shape index (κ1) is 13.4. The highest BCUT2D eigenvalue weighted by Gasteiger charge is 2.51. The molecule has 2 N–H and O–H groups in total. The Labute approximate surface area is 124 Å². The maximum atomic E-state index is 12.5. The van der Waals surface area contributed by atoms with Crippen LogP contribution in [0, 0.1) is 5.92 Å². The zero-order valence-corrected chi connectivity index (χ0v) is 12.2. The molecule has 116 valence electrons. The first-order valence-electron chi connectivity index (χ1n) is 8.19. The van der Waals surface area contributed by atoms with Gasteiger partial charge < -0.3 is 15.3 Å². The number of amides is 2. The van der Waals surface area contributed by atoms with Crippen LogP contribution in [0.5, 0.6) is 0 Å². The average Bonchev–Trinajstić information content (AvgIpc) is 2.93. The zero-order chi connectivity index (χ0) is 14.6.